The standard InChI is InChI=1S/C30H29Cl3N4O7S/c31-21-8-6-19(7-9-21)14-25-29(40)35(12-13-38)17-27-36(45(42,43)26-11-10-22(32)15-23(26)33)16-24(28(39)37(25)27)34-30(41)44-18-20-4-2-1-3-5-20/h1-11,15,24-25,27,38H,12-14,16-18H2,(H,34,41). The molecule has 0 aliphatic carbocycles. The second kappa shape index (κ2) is 13.9. The first kappa shape index (κ1) is 33.0. The van der Waals surface area contributed by atoms with Gasteiger partial charge in [-0.1, -0.05) is 77.3 Å². The molecule has 5 rings (SSSR count). The zero-order valence-corrected chi connectivity index (χ0v) is 26.8. The topological polar surface area (TPSA) is 137 Å². The van der Waals surface area contributed by atoms with Gasteiger partial charge in [-0.3, -0.25) is 9.59 Å². The van der Waals surface area contributed by atoms with E-state index in [0.29, 0.717) is 16.1 Å². The molecule has 3 aromatic rings. The zero-order valence-electron chi connectivity index (χ0n) is 23.7. The third-order valence-corrected chi connectivity index (χ3v) is 10.4. The van der Waals surface area contributed by atoms with Crippen LogP contribution in [0.5, 0.6) is 0 Å². The summed E-state index contributed by atoms with van der Waals surface area (Å²) in [5.41, 5.74) is 1.36. The Labute approximate surface area is 275 Å². The summed E-state index contributed by atoms with van der Waals surface area (Å²) in [6.07, 6.45) is -2.12. The fourth-order valence-electron chi connectivity index (χ4n) is 5.44. The summed E-state index contributed by atoms with van der Waals surface area (Å²) < 4.78 is 34.8. The SMILES string of the molecule is O=C(NC1CN(S(=O)(=O)c2ccc(Cl)cc2Cl)C2CN(CCO)C(=O)C(Cc3ccc(Cl)cc3)N2C1=O)OCc1ccccc1. The Bertz CT molecular complexity index is 1680. The van der Waals surface area contributed by atoms with E-state index in [4.69, 9.17) is 39.5 Å². The number of carbonyl (C=O) groups is 3. The van der Waals surface area contributed by atoms with Crippen molar-refractivity contribution in [3.8, 4) is 0 Å². The fraction of sp³-hybridized carbons (Fsp3) is 0.300. The van der Waals surface area contributed by atoms with Crippen LogP contribution in [0.3, 0.4) is 0 Å². The van der Waals surface area contributed by atoms with Crippen LogP contribution in [0.1, 0.15) is 11.1 Å². The van der Waals surface area contributed by atoms with Crippen molar-refractivity contribution in [1.29, 1.82) is 0 Å². The van der Waals surface area contributed by atoms with Crippen molar-refractivity contribution < 1.29 is 32.6 Å². The van der Waals surface area contributed by atoms with Crippen LogP contribution in [-0.2, 0) is 37.4 Å². The maximum Gasteiger partial charge on any atom is 0.408 e. The van der Waals surface area contributed by atoms with Gasteiger partial charge in [-0.05, 0) is 41.5 Å². The van der Waals surface area contributed by atoms with Crippen LogP contribution < -0.4 is 5.32 Å². The van der Waals surface area contributed by atoms with Gasteiger partial charge in [0.05, 0.1) is 18.2 Å². The molecule has 11 nitrogen and oxygen atoms in total. The van der Waals surface area contributed by atoms with E-state index in [2.05, 4.69) is 5.32 Å². The number of aliphatic hydroxyl groups excluding tert-OH is 1. The van der Waals surface area contributed by atoms with Crippen LogP contribution in [0.15, 0.2) is 77.7 Å². The lowest BCUT2D eigenvalue weighted by atomic mass is 9.97. The maximum absolute atomic E-state index is 14.2. The molecule has 2 saturated heterocycles. The number of alkyl carbamates (subject to hydrolysis) is 1. The van der Waals surface area contributed by atoms with Crippen molar-refractivity contribution >= 4 is 62.7 Å². The minimum absolute atomic E-state index is 0.0148. The second-order valence-electron chi connectivity index (χ2n) is 10.5. The van der Waals surface area contributed by atoms with Gasteiger partial charge in [-0.15, -0.1) is 0 Å². The van der Waals surface area contributed by atoms with Crippen molar-refractivity contribution in [2.24, 2.45) is 0 Å². The van der Waals surface area contributed by atoms with Gasteiger partial charge in [0, 0.05) is 29.6 Å². The van der Waals surface area contributed by atoms with Gasteiger partial charge < -0.3 is 25.0 Å². The van der Waals surface area contributed by atoms with Gasteiger partial charge in [-0.25, -0.2) is 13.2 Å². The minimum Gasteiger partial charge on any atom is -0.445 e. The number of β-amino-alcohol motifs (C(OH)–C–C–N with tert-alkyl or cyclic N) is 1. The number of amides is 3. The molecule has 2 aliphatic rings. The highest BCUT2D eigenvalue weighted by Crippen LogP contribution is 2.34. The molecule has 2 aliphatic heterocycles. The van der Waals surface area contributed by atoms with Crippen molar-refractivity contribution in [3.63, 3.8) is 0 Å². The molecular weight excluding hydrogens is 667 g/mol. The highest BCUT2D eigenvalue weighted by molar-refractivity contribution is 7.89. The molecular formula is C30H29Cl3N4O7S. The number of fused-ring (bicyclic) bond motifs is 1. The lowest BCUT2D eigenvalue weighted by molar-refractivity contribution is -0.167. The smallest absolute Gasteiger partial charge is 0.408 e. The number of benzene rings is 3. The highest BCUT2D eigenvalue weighted by Gasteiger charge is 2.54. The van der Waals surface area contributed by atoms with Crippen LogP contribution in [0.25, 0.3) is 0 Å². The number of halogens is 3. The van der Waals surface area contributed by atoms with Crippen molar-refractivity contribution in [2.75, 3.05) is 26.2 Å². The first-order valence-corrected chi connectivity index (χ1v) is 16.5. The first-order chi connectivity index (χ1) is 21.5. The fourth-order valence-corrected chi connectivity index (χ4v) is 7.90. The van der Waals surface area contributed by atoms with E-state index in [0.717, 1.165) is 4.31 Å². The predicted molar refractivity (Wildman–Crippen MR) is 167 cm³/mol. The largest absolute Gasteiger partial charge is 0.445 e. The van der Waals surface area contributed by atoms with Gasteiger partial charge in [0.25, 0.3) is 0 Å². The van der Waals surface area contributed by atoms with E-state index in [-0.39, 0.29) is 47.7 Å². The average Bonchev–Trinajstić information content (AvgIpc) is 3.01. The molecule has 3 unspecified atom stereocenters. The van der Waals surface area contributed by atoms with Crippen LogP contribution in [0, 0.1) is 0 Å². The molecule has 3 amide bonds. The molecule has 0 spiro atoms. The van der Waals surface area contributed by atoms with Crippen molar-refractivity contribution in [1.82, 2.24) is 19.4 Å². The molecule has 2 N–H and O–H groups in total. The van der Waals surface area contributed by atoms with E-state index in [1.807, 2.05) is 6.07 Å². The monoisotopic (exact) mass is 694 g/mol. The molecule has 3 atom stereocenters. The number of hydrogen-bond donors (Lipinski definition) is 2. The number of nitrogens with one attached hydrogen (secondary N) is 1. The summed E-state index contributed by atoms with van der Waals surface area (Å²) >= 11 is 18.4. The quantitative estimate of drug-likeness (QED) is 0.350. The normalized spacial score (nSPS) is 20.6. The Morgan fingerprint density at radius 1 is 0.911 bits per heavy atom. The number of aliphatic hydroxyl groups is 1. The van der Waals surface area contributed by atoms with Gasteiger partial charge in [0.15, 0.2) is 0 Å². The van der Waals surface area contributed by atoms with Crippen molar-refractivity contribution in [3.05, 3.63) is 99.0 Å². The molecule has 2 fully saturated rings. The van der Waals surface area contributed by atoms with Gasteiger partial charge in [0.2, 0.25) is 21.8 Å². The average molecular weight is 696 g/mol. The number of sulfonamides is 1. The lowest BCUT2D eigenvalue weighted by Gasteiger charge is -2.53. The molecule has 0 radical (unpaired) electrons. The summed E-state index contributed by atoms with van der Waals surface area (Å²) in [5, 5.41) is 12.8. The van der Waals surface area contributed by atoms with E-state index < -0.39 is 52.7 Å². The Kier molecular flexibility index (Phi) is 10.2. The Morgan fingerprint density at radius 2 is 1.60 bits per heavy atom. The summed E-state index contributed by atoms with van der Waals surface area (Å²) in [5.74, 6) is -1.15. The van der Waals surface area contributed by atoms with Gasteiger partial charge >= 0.3 is 6.09 Å². The van der Waals surface area contributed by atoms with Crippen LogP contribution in [-0.4, -0.2) is 90.0 Å². The first-order valence-electron chi connectivity index (χ1n) is 13.9. The van der Waals surface area contributed by atoms with Crippen molar-refractivity contribution in [2.45, 2.75) is 36.2 Å². The number of nitrogens with zero attached hydrogens (tertiary/aromatic N) is 3. The third kappa shape index (κ3) is 7.21. The summed E-state index contributed by atoms with van der Waals surface area (Å²) in [6, 6.07) is 16.9. The van der Waals surface area contributed by atoms with Crippen LogP contribution in [0.2, 0.25) is 15.1 Å². The van der Waals surface area contributed by atoms with Crippen LogP contribution >= 0.6 is 34.8 Å². The molecule has 15 heteroatoms. The van der Waals surface area contributed by atoms with Crippen LogP contribution in [0.4, 0.5) is 4.79 Å². The third-order valence-electron chi connectivity index (χ3n) is 7.58. The molecule has 0 bridgehead atoms. The minimum atomic E-state index is -4.45. The highest BCUT2D eigenvalue weighted by atomic mass is 35.5. The molecule has 238 valence electrons. The molecule has 3 aromatic carbocycles. The number of hydrogen-bond acceptors (Lipinski definition) is 7. The van der Waals surface area contributed by atoms with E-state index >= 15 is 0 Å². The lowest BCUT2D eigenvalue weighted by Crippen LogP contribution is -2.76. The number of carbonyl (C=O) groups excluding carboxylic acids is 3. The van der Waals surface area contributed by atoms with E-state index in [9.17, 15) is 27.9 Å². The van der Waals surface area contributed by atoms with Gasteiger partial charge in [0.1, 0.15) is 29.8 Å². The summed E-state index contributed by atoms with van der Waals surface area (Å²) in [7, 11) is -4.45. The van der Waals surface area contributed by atoms with Gasteiger partial charge in [-0.2, -0.15) is 4.31 Å². The summed E-state index contributed by atoms with van der Waals surface area (Å²) in [4.78, 5) is 43.0. The Morgan fingerprint density at radius 3 is 2.27 bits per heavy atom. The number of ether oxygens (including phenoxy) is 1. The zero-order chi connectivity index (χ0) is 32.3. The number of rotatable bonds is 9. The molecule has 0 aromatic heterocycles. The summed E-state index contributed by atoms with van der Waals surface area (Å²) in [6.45, 7) is -1.25. The second-order valence-corrected chi connectivity index (χ2v) is 13.6. The maximum atomic E-state index is 14.2. The predicted octanol–water partition coefficient (Wildman–Crippen LogP) is 3.55. The van der Waals surface area contributed by atoms with E-state index in [1.54, 1.807) is 48.5 Å². The molecule has 2 heterocycles. The Hall–Kier alpha value is -3.39. The molecule has 0 saturated carbocycles. The van der Waals surface area contributed by atoms with E-state index in [1.165, 1.54) is 28.0 Å². The molecule has 45 heavy (non-hydrogen) atoms. The number of piperazine rings is 1. The Balaban J connectivity index is 1.53.